The van der Waals surface area contributed by atoms with E-state index in [9.17, 15) is 9.90 Å². The van der Waals surface area contributed by atoms with Crippen LogP contribution in [0.2, 0.25) is 0 Å². The summed E-state index contributed by atoms with van der Waals surface area (Å²) >= 11 is 0. The molecule has 0 saturated carbocycles. The molecule has 136 valence electrons. The Labute approximate surface area is 170 Å². The Kier molecular flexibility index (Phi) is 19.3. The Morgan fingerprint density at radius 1 is 1.04 bits per heavy atom. The van der Waals surface area contributed by atoms with Crippen LogP contribution in [0, 0.1) is 5.92 Å². The average Bonchev–Trinajstić information content (AvgIpc) is 2.49. The van der Waals surface area contributed by atoms with Crippen LogP contribution < -0.4 is 40.0 Å². The molecule has 0 rings (SSSR count). The van der Waals surface area contributed by atoms with E-state index < -0.39 is 12.0 Å². The maximum Gasteiger partial charge on any atom is 1.00 e. The number of aliphatic carboxylic acids is 1. The van der Waals surface area contributed by atoms with Crippen molar-refractivity contribution in [1.29, 1.82) is 0 Å². The van der Waals surface area contributed by atoms with Crippen LogP contribution >= 0.6 is 0 Å². The van der Waals surface area contributed by atoms with E-state index in [-0.39, 0.29) is 47.9 Å². The molecule has 0 aliphatic carbocycles. The molecule has 0 aromatic rings. The van der Waals surface area contributed by atoms with Gasteiger partial charge in [0.2, 0.25) is 0 Å². The second-order valence-electron chi connectivity index (χ2n) is 6.56. The van der Waals surface area contributed by atoms with Gasteiger partial charge in [-0.2, -0.15) is 0 Å². The first kappa shape index (κ1) is 26.1. The van der Waals surface area contributed by atoms with Crippen molar-refractivity contribution in [3.05, 3.63) is 0 Å². The van der Waals surface area contributed by atoms with Crippen LogP contribution in [0.3, 0.4) is 0 Å². The van der Waals surface area contributed by atoms with Gasteiger partial charge in [-0.15, -0.1) is 0 Å². The Balaban J connectivity index is 0. The van der Waals surface area contributed by atoms with Gasteiger partial charge in [0, 0.05) is 6.54 Å². The molecule has 0 fully saturated rings. The van der Waals surface area contributed by atoms with Crippen LogP contribution in [0.1, 0.15) is 78.6 Å². The maximum absolute atomic E-state index is 11.6. The van der Waals surface area contributed by atoms with Gasteiger partial charge in [0.05, 0.1) is 0 Å². The molecular formula is C18H35N2NaO3. The summed E-state index contributed by atoms with van der Waals surface area (Å²) in [5, 5.41) is 23.7. The van der Waals surface area contributed by atoms with Gasteiger partial charge in [0.25, 0.3) is 0 Å². The van der Waals surface area contributed by atoms with E-state index in [2.05, 4.69) is 17.2 Å². The number of unbranched alkanes of at least 4 members (excludes halogenated alkanes) is 8. The number of aliphatic imine (C=N–C) groups is 1. The molecule has 5 nitrogen and oxygen atoms in total. The molecule has 0 aliphatic rings. The summed E-state index contributed by atoms with van der Waals surface area (Å²) < 4.78 is 0. The normalized spacial score (nSPS) is 12.9. The van der Waals surface area contributed by atoms with Gasteiger partial charge in [-0.1, -0.05) is 72.1 Å². The Morgan fingerprint density at radius 2 is 1.54 bits per heavy atom. The summed E-state index contributed by atoms with van der Waals surface area (Å²) in [4.78, 5) is 14.7. The maximum atomic E-state index is 11.6. The standard InChI is InChI=1S/C18H36N2O3.Na/c1-4-5-6-7-8-9-10-11-12-13-19-14-16(21)20-17(15(2)3)18(22)23;/h15,17,19H,4-14H2,1-3H3,(H,20,21)(H,22,23);/q;+1/p-1/t17-;/m0./s1. The monoisotopic (exact) mass is 350 g/mol. The van der Waals surface area contributed by atoms with Crippen molar-refractivity contribution in [2.75, 3.05) is 13.1 Å². The van der Waals surface area contributed by atoms with Crippen LogP contribution in [0.25, 0.3) is 0 Å². The number of hydrogen-bond donors (Lipinski definition) is 2. The number of carboxylic acid groups (broad SMARTS) is 1. The molecular weight excluding hydrogens is 315 g/mol. The number of hydrogen-bond acceptors (Lipinski definition) is 4. The average molecular weight is 350 g/mol. The zero-order chi connectivity index (χ0) is 17.5. The molecule has 24 heavy (non-hydrogen) atoms. The number of carboxylic acids is 1. The van der Waals surface area contributed by atoms with E-state index in [0.29, 0.717) is 0 Å². The Bertz CT molecular complexity index is 336. The van der Waals surface area contributed by atoms with Crippen molar-refractivity contribution in [1.82, 2.24) is 5.32 Å². The summed E-state index contributed by atoms with van der Waals surface area (Å²) in [5.41, 5.74) is 0. The molecule has 0 spiro atoms. The minimum absolute atomic E-state index is 0. The van der Waals surface area contributed by atoms with Gasteiger partial charge in [-0.05, 0) is 24.8 Å². The number of nitrogens with one attached hydrogen (secondary N) is 1. The first-order valence-electron chi connectivity index (χ1n) is 9.16. The van der Waals surface area contributed by atoms with Crippen LogP contribution in [-0.2, 0) is 4.79 Å². The molecule has 0 saturated heterocycles. The molecule has 0 aromatic heterocycles. The SMILES string of the molecule is CCCCCCCCCCCNCC([O-])=N[C@H](C(=O)O)C(C)C.[Na+]. The third-order valence-corrected chi connectivity index (χ3v) is 3.90. The van der Waals surface area contributed by atoms with E-state index in [0.717, 1.165) is 13.0 Å². The van der Waals surface area contributed by atoms with Crippen molar-refractivity contribution < 1.29 is 44.6 Å². The third-order valence-electron chi connectivity index (χ3n) is 3.90. The van der Waals surface area contributed by atoms with Gasteiger partial charge in [0.15, 0.2) is 0 Å². The van der Waals surface area contributed by atoms with E-state index in [1.54, 1.807) is 13.8 Å². The van der Waals surface area contributed by atoms with E-state index in [4.69, 9.17) is 5.11 Å². The zero-order valence-corrected chi connectivity index (χ0v) is 18.1. The molecule has 0 radical (unpaired) electrons. The largest absolute Gasteiger partial charge is 1.00 e. The van der Waals surface area contributed by atoms with E-state index >= 15 is 0 Å². The van der Waals surface area contributed by atoms with Crippen LogP contribution in [0.15, 0.2) is 4.99 Å². The molecule has 0 aromatic carbocycles. The molecule has 0 amide bonds. The number of nitrogens with zero attached hydrogens (tertiary/aromatic N) is 1. The fourth-order valence-electron chi connectivity index (χ4n) is 2.45. The van der Waals surface area contributed by atoms with Crippen LogP contribution in [0.4, 0.5) is 0 Å². The first-order chi connectivity index (χ1) is 11.0. The molecule has 0 bridgehead atoms. The topological polar surface area (TPSA) is 84.8 Å². The molecule has 1 atom stereocenters. The van der Waals surface area contributed by atoms with Crippen molar-refractivity contribution in [2.45, 2.75) is 84.6 Å². The molecule has 0 heterocycles. The van der Waals surface area contributed by atoms with Crippen LogP contribution in [0.5, 0.6) is 0 Å². The van der Waals surface area contributed by atoms with Gasteiger partial charge in [-0.3, -0.25) is 4.99 Å². The molecule has 0 aliphatic heterocycles. The summed E-state index contributed by atoms with van der Waals surface area (Å²) in [5.74, 6) is -1.58. The fraction of sp³-hybridized carbons (Fsp3) is 0.889. The van der Waals surface area contributed by atoms with Gasteiger partial charge < -0.3 is 15.5 Å². The van der Waals surface area contributed by atoms with Crippen molar-refractivity contribution in [3.63, 3.8) is 0 Å². The summed E-state index contributed by atoms with van der Waals surface area (Å²) in [6.45, 7) is 6.66. The Hall–Kier alpha value is -0.100. The zero-order valence-electron chi connectivity index (χ0n) is 16.1. The predicted octanol–water partition coefficient (Wildman–Crippen LogP) is -0.0212. The summed E-state index contributed by atoms with van der Waals surface area (Å²) in [7, 11) is 0. The Morgan fingerprint density at radius 3 is 2.00 bits per heavy atom. The molecule has 6 heteroatoms. The van der Waals surface area contributed by atoms with Crippen LogP contribution in [-0.4, -0.2) is 36.1 Å². The first-order valence-corrected chi connectivity index (χ1v) is 9.16. The fourth-order valence-corrected chi connectivity index (χ4v) is 2.45. The molecule has 0 unspecified atom stereocenters. The minimum atomic E-state index is -1.03. The number of rotatable bonds is 15. The van der Waals surface area contributed by atoms with Crippen molar-refractivity contribution in [2.24, 2.45) is 10.9 Å². The van der Waals surface area contributed by atoms with Gasteiger partial charge in [-0.25, -0.2) is 4.79 Å². The van der Waals surface area contributed by atoms with Crippen molar-refractivity contribution >= 4 is 11.9 Å². The summed E-state index contributed by atoms with van der Waals surface area (Å²) in [6.07, 6.45) is 11.5. The van der Waals surface area contributed by atoms with E-state index in [1.807, 2.05) is 0 Å². The van der Waals surface area contributed by atoms with Gasteiger partial charge >= 0.3 is 35.5 Å². The predicted molar refractivity (Wildman–Crippen MR) is 93.8 cm³/mol. The number of carbonyl (C=O) groups is 1. The molecule has 2 N–H and O–H groups in total. The third kappa shape index (κ3) is 15.4. The smallest absolute Gasteiger partial charge is 0.861 e. The van der Waals surface area contributed by atoms with E-state index in [1.165, 1.54) is 51.4 Å². The van der Waals surface area contributed by atoms with Crippen molar-refractivity contribution in [3.8, 4) is 0 Å². The second-order valence-corrected chi connectivity index (χ2v) is 6.56. The quantitative estimate of drug-likeness (QED) is 0.188. The second kappa shape index (κ2) is 17.7. The van der Waals surface area contributed by atoms with Gasteiger partial charge in [0.1, 0.15) is 6.04 Å². The minimum Gasteiger partial charge on any atom is -0.861 e. The summed E-state index contributed by atoms with van der Waals surface area (Å²) in [6, 6.07) is -0.933.